The van der Waals surface area contributed by atoms with Gasteiger partial charge in [0, 0.05) is 27.3 Å². The molecule has 2 N–H and O–H groups in total. The predicted molar refractivity (Wildman–Crippen MR) is 163 cm³/mol. The zero-order chi connectivity index (χ0) is 27.1. The SMILES string of the molecule is [Al+3].[O-][n+]1c2nc(nc3[nH]c(nc4nc(nc5[nH]c1c1ccccc51)-c1ccccc1-4)c1ccccc31)-c1ccccc1-2. The van der Waals surface area contributed by atoms with Crippen LogP contribution in [0.2, 0.25) is 0 Å². The molecule has 0 saturated carbocycles. The van der Waals surface area contributed by atoms with Crippen molar-refractivity contribution in [3.8, 4) is 45.6 Å². The topological polar surface area (TPSA) is 123 Å². The van der Waals surface area contributed by atoms with Crippen LogP contribution in [-0.2, 0) is 0 Å². The number of nitrogens with zero attached hydrogens (tertiary/aromatic N) is 6. The van der Waals surface area contributed by atoms with Crippen LogP contribution in [0.5, 0.6) is 0 Å². The van der Waals surface area contributed by atoms with Crippen LogP contribution in [0.4, 0.5) is 0 Å². The molecule has 9 rings (SSSR count). The van der Waals surface area contributed by atoms with E-state index in [1.807, 2.05) is 97.1 Å². The summed E-state index contributed by atoms with van der Waals surface area (Å²) in [5.74, 6) is 1.76. The van der Waals surface area contributed by atoms with Gasteiger partial charge in [-0.15, -0.1) is 0 Å². The second-order valence-electron chi connectivity index (χ2n) is 9.97. The van der Waals surface area contributed by atoms with Crippen molar-refractivity contribution in [2.45, 2.75) is 0 Å². The largest absolute Gasteiger partial charge is 3.00 e. The van der Waals surface area contributed by atoms with E-state index in [9.17, 15) is 5.21 Å². The number of rotatable bonds is 0. The number of hydrogen-bond acceptors (Lipinski definition) is 6. The van der Waals surface area contributed by atoms with Crippen molar-refractivity contribution in [3.63, 3.8) is 0 Å². The maximum absolute atomic E-state index is 14.1. The Bertz CT molecular complexity index is 2410. The molecule has 9 nitrogen and oxygen atoms in total. The number of hydrogen-bond donors (Lipinski definition) is 2. The van der Waals surface area contributed by atoms with Crippen LogP contribution in [0.15, 0.2) is 97.1 Å². The van der Waals surface area contributed by atoms with E-state index < -0.39 is 0 Å². The molecule has 7 aromatic rings. The number of H-pyrrole nitrogens is 2. The summed E-state index contributed by atoms with van der Waals surface area (Å²) in [6.45, 7) is 0. The zero-order valence-corrected chi connectivity index (χ0v) is 23.1. The minimum absolute atomic E-state index is 0. The fourth-order valence-corrected chi connectivity index (χ4v) is 5.73. The molecule has 192 valence electrons. The van der Waals surface area contributed by atoms with Crippen molar-refractivity contribution < 1.29 is 4.73 Å². The molecule has 8 bridgehead atoms. The molecule has 2 aliphatic rings. The molecule has 0 saturated heterocycles. The van der Waals surface area contributed by atoms with Crippen molar-refractivity contribution in [2.24, 2.45) is 0 Å². The molecule has 0 unspecified atom stereocenters. The van der Waals surface area contributed by atoms with Crippen LogP contribution < -0.4 is 4.73 Å². The summed E-state index contributed by atoms with van der Waals surface area (Å²) in [5.41, 5.74) is 5.34. The summed E-state index contributed by atoms with van der Waals surface area (Å²) in [6, 6.07) is 31.1. The average molecular weight is 558 g/mol. The predicted octanol–water partition coefficient (Wildman–Crippen LogP) is 5.73. The summed E-state index contributed by atoms with van der Waals surface area (Å²) >= 11 is 0. The second-order valence-corrected chi connectivity index (χ2v) is 9.97. The van der Waals surface area contributed by atoms with Gasteiger partial charge in [0.1, 0.15) is 11.3 Å². The van der Waals surface area contributed by atoms with Crippen LogP contribution in [0, 0.1) is 5.21 Å². The fraction of sp³-hybridized carbons (Fsp3) is 0. The Morgan fingerprint density at radius 1 is 0.452 bits per heavy atom. The molecule has 0 radical (unpaired) electrons. The van der Waals surface area contributed by atoms with Crippen LogP contribution in [0.3, 0.4) is 0 Å². The Balaban J connectivity index is 0.00000267. The van der Waals surface area contributed by atoms with Gasteiger partial charge in [-0.3, -0.25) is 4.98 Å². The second kappa shape index (κ2) is 9.04. The van der Waals surface area contributed by atoms with Crippen molar-refractivity contribution in [3.05, 3.63) is 102 Å². The Morgan fingerprint density at radius 3 is 1.43 bits per heavy atom. The van der Waals surface area contributed by atoms with Gasteiger partial charge in [0.2, 0.25) is 11.5 Å². The monoisotopic (exact) mass is 557 g/mol. The Kier molecular flexibility index (Phi) is 5.25. The summed E-state index contributed by atoms with van der Waals surface area (Å²) in [5, 5.41) is 17.4. The molecule has 0 fully saturated rings. The smallest absolute Gasteiger partial charge is 0.740 e. The number of benzene rings is 4. The summed E-state index contributed by atoms with van der Waals surface area (Å²) in [4.78, 5) is 31.2. The standard InChI is InChI=1S/C32H18N8O.Al/c41-40-31-23-15-7-5-13-21(23)29(38-31)36-27-19-11-3-1-9-17(19)25(34-27)33-26-18-10-2-4-12-20(18)28(35-26)37-30-22-14-6-8-16-24(22)32(40)39-30;/h1-16H,(H2,33,34,35,36,37,38,39);/q;+3. The molecule has 0 amide bonds. The first-order chi connectivity index (χ1) is 20.2. The van der Waals surface area contributed by atoms with Gasteiger partial charge in [-0.1, -0.05) is 77.8 Å². The Morgan fingerprint density at radius 2 is 0.857 bits per heavy atom. The fourth-order valence-electron chi connectivity index (χ4n) is 5.73. The molecule has 3 aromatic heterocycles. The van der Waals surface area contributed by atoms with Gasteiger partial charge < -0.3 is 10.2 Å². The van der Waals surface area contributed by atoms with E-state index in [0.717, 1.165) is 43.0 Å². The van der Waals surface area contributed by atoms with Crippen LogP contribution in [-0.4, -0.2) is 52.2 Å². The molecular formula is C32H18AlN8O+3. The number of aromatic nitrogens is 8. The van der Waals surface area contributed by atoms with Gasteiger partial charge in [-0.05, 0) is 24.3 Å². The Hall–Kier alpha value is -5.43. The minimum atomic E-state index is 0. The molecule has 2 aliphatic heterocycles. The van der Waals surface area contributed by atoms with E-state index in [4.69, 9.17) is 24.9 Å². The first-order valence-electron chi connectivity index (χ1n) is 13.2. The van der Waals surface area contributed by atoms with Gasteiger partial charge in [0.05, 0.1) is 16.5 Å². The van der Waals surface area contributed by atoms with E-state index in [2.05, 4.69) is 9.97 Å². The first-order valence-corrected chi connectivity index (χ1v) is 13.2. The average Bonchev–Trinajstić information content (AvgIpc) is 3.76. The minimum Gasteiger partial charge on any atom is -0.740 e. The molecule has 42 heavy (non-hydrogen) atoms. The molecule has 0 spiro atoms. The van der Waals surface area contributed by atoms with E-state index in [0.29, 0.717) is 45.6 Å². The van der Waals surface area contributed by atoms with Crippen molar-refractivity contribution in [2.75, 3.05) is 0 Å². The maximum Gasteiger partial charge on any atom is 3.00 e. The molecule has 10 heteroatoms. The quantitative estimate of drug-likeness (QED) is 0.140. The summed E-state index contributed by atoms with van der Waals surface area (Å²) in [6.07, 6.45) is 0. The van der Waals surface area contributed by atoms with Crippen molar-refractivity contribution in [1.29, 1.82) is 0 Å². The van der Waals surface area contributed by atoms with Gasteiger partial charge in [0.15, 0.2) is 17.3 Å². The number of nitrogens with one attached hydrogen (secondary N) is 2. The molecule has 0 atom stereocenters. The normalized spacial score (nSPS) is 11.7. The molecule has 5 heterocycles. The zero-order valence-electron chi connectivity index (χ0n) is 21.9. The van der Waals surface area contributed by atoms with E-state index in [1.54, 1.807) is 0 Å². The summed E-state index contributed by atoms with van der Waals surface area (Å²) in [7, 11) is 0. The van der Waals surface area contributed by atoms with Gasteiger partial charge in [-0.2, -0.15) is 9.97 Å². The molecular weight excluding hydrogens is 539 g/mol. The van der Waals surface area contributed by atoms with Gasteiger partial charge in [-0.25, -0.2) is 14.7 Å². The van der Waals surface area contributed by atoms with Gasteiger partial charge in [0.25, 0.3) is 5.82 Å². The number of fused-ring (bicyclic) bond motifs is 20. The molecule has 4 aromatic carbocycles. The maximum atomic E-state index is 14.1. The third-order valence-electron chi connectivity index (χ3n) is 7.64. The van der Waals surface area contributed by atoms with Crippen molar-refractivity contribution in [1.82, 2.24) is 34.9 Å². The molecule has 0 aliphatic carbocycles. The number of aromatic amines is 2. The Labute approximate surface area is 248 Å². The van der Waals surface area contributed by atoms with Crippen LogP contribution in [0.1, 0.15) is 0 Å². The van der Waals surface area contributed by atoms with E-state index >= 15 is 0 Å². The van der Waals surface area contributed by atoms with E-state index in [-0.39, 0.29) is 23.2 Å². The van der Waals surface area contributed by atoms with E-state index in [1.165, 1.54) is 0 Å². The third-order valence-corrected chi connectivity index (χ3v) is 7.64. The third kappa shape index (κ3) is 3.43. The summed E-state index contributed by atoms with van der Waals surface area (Å²) < 4.78 is 0.837. The van der Waals surface area contributed by atoms with Crippen LogP contribution in [0.25, 0.3) is 89.7 Å². The first kappa shape index (κ1) is 24.4. The van der Waals surface area contributed by atoms with Crippen molar-refractivity contribution >= 4 is 61.5 Å². The van der Waals surface area contributed by atoms with Gasteiger partial charge >= 0.3 is 17.4 Å². The van der Waals surface area contributed by atoms with Crippen LogP contribution >= 0.6 is 0 Å².